The summed E-state index contributed by atoms with van der Waals surface area (Å²) in [6, 6.07) is 12.1. The van der Waals surface area contributed by atoms with Crippen LogP contribution in [0.1, 0.15) is 10.4 Å². The van der Waals surface area contributed by atoms with Gasteiger partial charge in [0.15, 0.2) is 0 Å². The number of nitrogens with zero attached hydrogens (tertiary/aromatic N) is 1. The molecule has 0 saturated heterocycles. The maximum atomic E-state index is 13.5. The zero-order chi connectivity index (χ0) is 15.7. The van der Waals surface area contributed by atoms with Crippen molar-refractivity contribution >= 4 is 28.3 Å². The molecule has 5 heteroatoms. The number of methoxy groups -OCH3 is 1. The Balaban J connectivity index is 2.29. The SMILES string of the molecule is COC(=O)c1ccc2cccc(-c3cc(F)ncc3Cl)c2c1. The van der Waals surface area contributed by atoms with Crippen LogP contribution in [-0.4, -0.2) is 18.1 Å². The first-order valence-corrected chi connectivity index (χ1v) is 6.90. The lowest BCUT2D eigenvalue weighted by Gasteiger charge is -2.10. The third kappa shape index (κ3) is 2.53. The van der Waals surface area contributed by atoms with Gasteiger partial charge < -0.3 is 4.74 Å². The van der Waals surface area contributed by atoms with Crippen molar-refractivity contribution in [1.29, 1.82) is 0 Å². The first-order valence-electron chi connectivity index (χ1n) is 6.52. The van der Waals surface area contributed by atoms with Gasteiger partial charge in [0, 0.05) is 17.8 Å². The molecule has 1 heterocycles. The zero-order valence-electron chi connectivity index (χ0n) is 11.6. The second kappa shape index (κ2) is 5.73. The molecule has 0 aliphatic carbocycles. The third-order valence-corrected chi connectivity index (χ3v) is 3.72. The fourth-order valence-corrected chi connectivity index (χ4v) is 2.58. The highest BCUT2D eigenvalue weighted by atomic mass is 35.5. The fourth-order valence-electron chi connectivity index (χ4n) is 2.37. The quantitative estimate of drug-likeness (QED) is 0.517. The van der Waals surface area contributed by atoms with Gasteiger partial charge in [0.05, 0.1) is 17.7 Å². The molecule has 3 rings (SSSR count). The van der Waals surface area contributed by atoms with Crippen LogP contribution in [0.4, 0.5) is 4.39 Å². The van der Waals surface area contributed by atoms with Crippen LogP contribution < -0.4 is 0 Å². The molecule has 1 aromatic heterocycles. The van der Waals surface area contributed by atoms with Crippen molar-refractivity contribution in [3.63, 3.8) is 0 Å². The van der Waals surface area contributed by atoms with E-state index in [1.807, 2.05) is 24.3 Å². The molecule has 3 aromatic rings. The van der Waals surface area contributed by atoms with Gasteiger partial charge >= 0.3 is 5.97 Å². The molecule has 2 aromatic carbocycles. The van der Waals surface area contributed by atoms with Gasteiger partial charge in [0.2, 0.25) is 5.95 Å². The predicted molar refractivity (Wildman–Crippen MR) is 83.5 cm³/mol. The first-order chi connectivity index (χ1) is 10.6. The number of ether oxygens (including phenoxy) is 1. The second-order valence-corrected chi connectivity index (χ2v) is 5.13. The highest BCUT2D eigenvalue weighted by molar-refractivity contribution is 6.33. The number of carbonyl (C=O) groups excluding carboxylic acids is 1. The molecule has 0 fully saturated rings. The minimum absolute atomic E-state index is 0.345. The van der Waals surface area contributed by atoms with Crippen LogP contribution in [0.25, 0.3) is 21.9 Å². The van der Waals surface area contributed by atoms with E-state index in [-0.39, 0.29) is 0 Å². The number of fused-ring (bicyclic) bond motifs is 1. The monoisotopic (exact) mass is 315 g/mol. The molecule has 0 aliphatic heterocycles. The van der Waals surface area contributed by atoms with Crippen LogP contribution in [0.2, 0.25) is 5.02 Å². The predicted octanol–water partition coefficient (Wildman–Crippen LogP) is 4.48. The number of carbonyl (C=O) groups is 1. The Bertz CT molecular complexity index is 880. The molecular formula is C17H11ClFNO2. The Hall–Kier alpha value is -2.46. The highest BCUT2D eigenvalue weighted by Crippen LogP contribution is 2.34. The Morgan fingerprint density at radius 1 is 1.18 bits per heavy atom. The summed E-state index contributed by atoms with van der Waals surface area (Å²) >= 11 is 6.14. The molecule has 0 saturated carbocycles. The summed E-state index contributed by atoms with van der Waals surface area (Å²) in [4.78, 5) is 15.2. The molecule has 3 nitrogen and oxygen atoms in total. The molecule has 0 aliphatic rings. The summed E-state index contributed by atoms with van der Waals surface area (Å²) in [7, 11) is 1.33. The van der Waals surface area contributed by atoms with Crippen molar-refractivity contribution in [2.24, 2.45) is 0 Å². The van der Waals surface area contributed by atoms with Crippen molar-refractivity contribution < 1.29 is 13.9 Å². The number of esters is 1. The first kappa shape index (κ1) is 14.5. The molecule has 0 atom stereocenters. The van der Waals surface area contributed by atoms with E-state index in [0.717, 1.165) is 16.3 Å². The number of hydrogen-bond donors (Lipinski definition) is 0. The van der Waals surface area contributed by atoms with Crippen molar-refractivity contribution in [3.05, 3.63) is 65.2 Å². The van der Waals surface area contributed by atoms with Crippen LogP contribution in [0.5, 0.6) is 0 Å². The fraction of sp³-hybridized carbons (Fsp3) is 0.0588. The Morgan fingerprint density at radius 2 is 2.00 bits per heavy atom. The molecule has 0 amide bonds. The van der Waals surface area contributed by atoms with E-state index in [4.69, 9.17) is 16.3 Å². The molecule has 0 spiro atoms. The van der Waals surface area contributed by atoms with E-state index in [9.17, 15) is 9.18 Å². The number of aromatic nitrogens is 1. The van der Waals surface area contributed by atoms with Crippen molar-refractivity contribution in [3.8, 4) is 11.1 Å². The van der Waals surface area contributed by atoms with Crippen LogP contribution in [0.15, 0.2) is 48.7 Å². The van der Waals surface area contributed by atoms with Gasteiger partial charge in [-0.15, -0.1) is 0 Å². The van der Waals surface area contributed by atoms with Gasteiger partial charge in [-0.05, 0) is 28.5 Å². The van der Waals surface area contributed by atoms with E-state index >= 15 is 0 Å². The van der Waals surface area contributed by atoms with Gasteiger partial charge in [-0.1, -0.05) is 35.9 Å². The Labute approximate surface area is 131 Å². The minimum atomic E-state index is -0.611. The topological polar surface area (TPSA) is 39.2 Å². The lowest BCUT2D eigenvalue weighted by atomic mass is 9.97. The molecule has 0 bridgehead atoms. The highest BCUT2D eigenvalue weighted by Gasteiger charge is 2.12. The Kier molecular flexibility index (Phi) is 3.77. The van der Waals surface area contributed by atoms with Crippen LogP contribution in [0, 0.1) is 5.95 Å². The number of rotatable bonds is 2. The number of hydrogen-bond acceptors (Lipinski definition) is 3. The second-order valence-electron chi connectivity index (χ2n) is 4.72. The van der Waals surface area contributed by atoms with Crippen molar-refractivity contribution in [1.82, 2.24) is 4.98 Å². The smallest absolute Gasteiger partial charge is 0.337 e. The summed E-state index contributed by atoms with van der Waals surface area (Å²) in [6.07, 6.45) is 1.27. The molecule has 0 N–H and O–H groups in total. The maximum absolute atomic E-state index is 13.5. The number of pyridine rings is 1. The molecule has 110 valence electrons. The summed E-state index contributed by atoms with van der Waals surface area (Å²) < 4.78 is 18.2. The molecule has 0 radical (unpaired) electrons. The maximum Gasteiger partial charge on any atom is 0.337 e. The van der Waals surface area contributed by atoms with Crippen molar-refractivity contribution in [2.75, 3.05) is 7.11 Å². The van der Waals surface area contributed by atoms with E-state index in [0.29, 0.717) is 16.1 Å². The summed E-state index contributed by atoms with van der Waals surface area (Å²) in [6.45, 7) is 0. The van der Waals surface area contributed by atoms with Crippen molar-refractivity contribution in [2.45, 2.75) is 0 Å². The van der Waals surface area contributed by atoms with Crippen LogP contribution in [0.3, 0.4) is 0 Å². The normalized spacial score (nSPS) is 10.7. The number of benzene rings is 2. The lowest BCUT2D eigenvalue weighted by molar-refractivity contribution is 0.0601. The van der Waals surface area contributed by atoms with E-state index in [1.165, 1.54) is 19.4 Å². The third-order valence-electron chi connectivity index (χ3n) is 3.42. The van der Waals surface area contributed by atoms with Gasteiger partial charge in [-0.2, -0.15) is 4.39 Å². The standard InChI is InChI=1S/C17H11ClFNO2/c1-22-17(21)11-6-5-10-3-2-4-12(13(10)7-11)14-8-16(19)20-9-15(14)18/h2-9H,1H3. The molecule has 0 unspecified atom stereocenters. The Morgan fingerprint density at radius 3 is 2.77 bits per heavy atom. The summed E-state index contributed by atoms with van der Waals surface area (Å²) in [5, 5.41) is 2.05. The average molecular weight is 316 g/mol. The van der Waals surface area contributed by atoms with Gasteiger partial charge in [-0.3, -0.25) is 0 Å². The minimum Gasteiger partial charge on any atom is -0.465 e. The zero-order valence-corrected chi connectivity index (χ0v) is 12.4. The molecule has 22 heavy (non-hydrogen) atoms. The van der Waals surface area contributed by atoms with E-state index in [2.05, 4.69) is 4.98 Å². The van der Waals surface area contributed by atoms with Crippen LogP contribution in [-0.2, 0) is 4.74 Å². The van der Waals surface area contributed by atoms with Gasteiger partial charge in [0.25, 0.3) is 0 Å². The largest absolute Gasteiger partial charge is 0.465 e. The summed E-state index contributed by atoms with van der Waals surface area (Å²) in [5.41, 5.74) is 1.68. The summed E-state index contributed by atoms with van der Waals surface area (Å²) in [5.74, 6) is -1.04. The van der Waals surface area contributed by atoms with Gasteiger partial charge in [-0.25, -0.2) is 9.78 Å². The van der Waals surface area contributed by atoms with Gasteiger partial charge in [0.1, 0.15) is 0 Å². The number of halogens is 2. The van der Waals surface area contributed by atoms with Crippen LogP contribution >= 0.6 is 11.6 Å². The average Bonchev–Trinajstić information content (AvgIpc) is 2.55. The van der Waals surface area contributed by atoms with E-state index < -0.39 is 11.9 Å². The van der Waals surface area contributed by atoms with E-state index in [1.54, 1.807) is 12.1 Å². The lowest BCUT2D eigenvalue weighted by Crippen LogP contribution is -2.00. The molecular weight excluding hydrogens is 305 g/mol.